The van der Waals surface area contributed by atoms with Gasteiger partial charge in [0.15, 0.2) is 0 Å². The summed E-state index contributed by atoms with van der Waals surface area (Å²) in [5, 5.41) is 8.82. The van der Waals surface area contributed by atoms with E-state index in [1.807, 2.05) is 17.6 Å². The Bertz CT molecular complexity index is 580. The Labute approximate surface area is 108 Å². The van der Waals surface area contributed by atoms with Crippen LogP contribution >= 0.6 is 15.9 Å². The number of hydrogen-bond donors (Lipinski definition) is 1. The highest BCUT2D eigenvalue weighted by Crippen LogP contribution is 2.25. The molecule has 86 valence electrons. The third-order valence-corrected chi connectivity index (χ3v) is 3.11. The molecule has 5 heteroatoms. The first-order valence-corrected chi connectivity index (χ1v) is 5.90. The molecule has 2 N–H and O–H groups in total. The van der Waals surface area contributed by atoms with Gasteiger partial charge in [-0.1, -0.05) is 0 Å². The van der Waals surface area contributed by atoms with E-state index in [-0.39, 0.29) is 6.04 Å². The summed E-state index contributed by atoms with van der Waals surface area (Å²) in [6.07, 6.45) is 3.46. The van der Waals surface area contributed by atoms with E-state index in [0.29, 0.717) is 5.56 Å². The van der Waals surface area contributed by atoms with Gasteiger partial charge in [-0.25, -0.2) is 4.98 Å². The van der Waals surface area contributed by atoms with Crippen LogP contribution in [0.4, 0.5) is 0 Å². The fraction of sp³-hybridized carbons (Fsp3) is 0.167. The van der Waals surface area contributed by atoms with Gasteiger partial charge >= 0.3 is 0 Å². The van der Waals surface area contributed by atoms with Crippen molar-refractivity contribution in [1.82, 2.24) is 9.55 Å². The van der Waals surface area contributed by atoms with Crippen molar-refractivity contribution in [2.24, 2.45) is 5.73 Å². The van der Waals surface area contributed by atoms with E-state index in [1.54, 1.807) is 24.7 Å². The molecule has 0 saturated carbocycles. The van der Waals surface area contributed by atoms with Crippen LogP contribution in [0.25, 0.3) is 5.69 Å². The van der Waals surface area contributed by atoms with E-state index in [4.69, 9.17) is 11.0 Å². The number of nitriles is 1. The molecule has 1 heterocycles. The van der Waals surface area contributed by atoms with Crippen molar-refractivity contribution < 1.29 is 0 Å². The lowest BCUT2D eigenvalue weighted by atomic mass is 10.2. The number of benzene rings is 1. The Morgan fingerprint density at radius 2 is 2.29 bits per heavy atom. The molecule has 1 aromatic carbocycles. The minimum absolute atomic E-state index is 0.0972. The zero-order chi connectivity index (χ0) is 12.4. The lowest BCUT2D eigenvalue weighted by molar-refractivity contribution is 0.751. The first-order chi connectivity index (χ1) is 8.13. The summed E-state index contributed by atoms with van der Waals surface area (Å²) in [4.78, 5) is 4.10. The van der Waals surface area contributed by atoms with Crippen molar-refractivity contribution in [1.29, 1.82) is 5.26 Å². The highest BCUT2D eigenvalue weighted by Gasteiger charge is 2.11. The van der Waals surface area contributed by atoms with Crippen molar-refractivity contribution in [2.75, 3.05) is 0 Å². The molecule has 0 radical (unpaired) electrons. The van der Waals surface area contributed by atoms with Crippen molar-refractivity contribution in [3.63, 3.8) is 0 Å². The summed E-state index contributed by atoms with van der Waals surface area (Å²) in [5.74, 6) is 0. The van der Waals surface area contributed by atoms with E-state index in [0.717, 1.165) is 15.9 Å². The van der Waals surface area contributed by atoms with Gasteiger partial charge in [0.1, 0.15) is 0 Å². The van der Waals surface area contributed by atoms with Gasteiger partial charge in [-0.3, -0.25) is 0 Å². The summed E-state index contributed by atoms with van der Waals surface area (Å²) in [6.45, 7) is 1.91. The van der Waals surface area contributed by atoms with Crippen LogP contribution < -0.4 is 5.73 Å². The van der Waals surface area contributed by atoms with Gasteiger partial charge in [0, 0.05) is 10.5 Å². The quantitative estimate of drug-likeness (QED) is 0.924. The van der Waals surface area contributed by atoms with E-state index in [9.17, 15) is 0 Å². The monoisotopic (exact) mass is 290 g/mol. The maximum absolute atomic E-state index is 8.82. The van der Waals surface area contributed by atoms with Crippen LogP contribution in [0.1, 0.15) is 24.2 Å². The van der Waals surface area contributed by atoms with Gasteiger partial charge in [0.2, 0.25) is 0 Å². The van der Waals surface area contributed by atoms with Gasteiger partial charge < -0.3 is 10.3 Å². The summed E-state index contributed by atoms with van der Waals surface area (Å²) < 4.78 is 2.76. The molecule has 17 heavy (non-hydrogen) atoms. The average Bonchev–Trinajstić information content (AvgIpc) is 2.77. The molecule has 1 aromatic heterocycles. The number of hydrogen-bond acceptors (Lipinski definition) is 3. The van der Waals surface area contributed by atoms with E-state index >= 15 is 0 Å². The number of nitrogens with zero attached hydrogens (tertiary/aromatic N) is 3. The number of rotatable bonds is 2. The van der Waals surface area contributed by atoms with Crippen LogP contribution in [-0.4, -0.2) is 9.55 Å². The second-order valence-electron chi connectivity index (χ2n) is 3.76. The standard InChI is InChI=1S/C12H11BrN4/c1-8(15)12-6-16-7-17(12)11-3-2-9(5-14)4-10(11)13/h2-4,6-8H,15H2,1H3/t8-/m1/s1. The second kappa shape index (κ2) is 4.70. The Hall–Kier alpha value is -1.64. The number of nitrogens with two attached hydrogens (primary N) is 1. The lowest BCUT2D eigenvalue weighted by Gasteiger charge is -2.12. The van der Waals surface area contributed by atoms with Crippen LogP contribution in [0.15, 0.2) is 35.2 Å². The molecular formula is C12H11BrN4. The van der Waals surface area contributed by atoms with Gasteiger partial charge in [-0.2, -0.15) is 5.26 Å². The molecule has 4 nitrogen and oxygen atoms in total. The van der Waals surface area contributed by atoms with Crippen LogP contribution in [-0.2, 0) is 0 Å². The van der Waals surface area contributed by atoms with Gasteiger partial charge in [0.25, 0.3) is 0 Å². The first-order valence-electron chi connectivity index (χ1n) is 5.11. The lowest BCUT2D eigenvalue weighted by Crippen LogP contribution is -2.10. The van der Waals surface area contributed by atoms with E-state index < -0.39 is 0 Å². The molecule has 2 aromatic rings. The fourth-order valence-corrected chi connectivity index (χ4v) is 2.19. The minimum Gasteiger partial charge on any atom is -0.323 e. The van der Waals surface area contributed by atoms with Crippen molar-refractivity contribution in [3.05, 3.63) is 46.5 Å². The Kier molecular flexibility index (Phi) is 3.27. The van der Waals surface area contributed by atoms with Gasteiger partial charge in [-0.15, -0.1) is 0 Å². The summed E-state index contributed by atoms with van der Waals surface area (Å²) in [5.41, 5.74) is 8.34. The summed E-state index contributed by atoms with van der Waals surface area (Å²) >= 11 is 3.45. The average molecular weight is 291 g/mol. The molecule has 0 aliphatic heterocycles. The van der Waals surface area contributed by atoms with E-state index in [2.05, 4.69) is 27.0 Å². The molecule has 0 aliphatic carbocycles. The number of halogens is 1. The maximum Gasteiger partial charge on any atom is 0.0995 e. The fourth-order valence-electron chi connectivity index (χ4n) is 1.62. The molecule has 2 rings (SSSR count). The molecule has 0 saturated heterocycles. The highest BCUT2D eigenvalue weighted by molar-refractivity contribution is 9.10. The predicted molar refractivity (Wildman–Crippen MR) is 68.6 cm³/mol. The SMILES string of the molecule is C[C@@H](N)c1cncn1-c1ccc(C#N)cc1Br. The Morgan fingerprint density at radius 1 is 1.53 bits per heavy atom. The minimum atomic E-state index is -0.0972. The predicted octanol–water partition coefficient (Wildman–Crippen LogP) is 2.53. The zero-order valence-electron chi connectivity index (χ0n) is 9.26. The topological polar surface area (TPSA) is 67.6 Å². The summed E-state index contributed by atoms with van der Waals surface area (Å²) in [6, 6.07) is 7.42. The zero-order valence-corrected chi connectivity index (χ0v) is 10.8. The molecule has 0 bridgehead atoms. The molecule has 0 fully saturated rings. The van der Waals surface area contributed by atoms with Crippen LogP contribution in [0, 0.1) is 11.3 Å². The maximum atomic E-state index is 8.82. The van der Waals surface area contributed by atoms with Gasteiger partial charge in [0.05, 0.1) is 35.5 Å². The molecule has 0 spiro atoms. The largest absolute Gasteiger partial charge is 0.323 e. The normalized spacial score (nSPS) is 12.1. The number of aromatic nitrogens is 2. The van der Waals surface area contributed by atoms with E-state index in [1.165, 1.54) is 0 Å². The Morgan fingerprint density at radius 3 is 2.88 bits per heavy atom. The molecular weight excluding hydrogens is 280 g/mol. The number of imidazole rings is 1. The summed E-state index contributed by atoms with van der Waals surface area (Å²) in [7, 11) is 0. The third kappa shape index (κ3) is 2.23. The second-order valence-corrected chi connectivity index (χ2v) is 4.61. The van der Waals surface area contributed by atoms with Crippen LogP contribution in [0.3, 0.4) is 0 Å². The van der Waals surface area contributed by atoms with Crippen molar-refractivity contribution in [2.45, 2.75) is 13.0 Å². The molecule has 0 amide bonds. The van der Waals surface area contributed by atoms with Crippen molar-refractivity contribution in [3.8, 4) is 11.8 Å². The van der Waals surface area contributed by atoms with Crippen LogP contribution in [0.2, 0.25) is 0 Å². The van der Waals surface area contributed by atoms with Gasteiger partial charge in [-0.05, 0) is 41.1 Å². The van der Waals surface area contributed by atoms with Crippen LogP contribution in [0.5, 0.6) is 0 Å². The molecule has 0 aliphatic rings. The first kappa shape index (κ1) is 11.8. The Balaban J connectivity index is 2.54. The smallest absolute Gasteiger partial charge is 0.0995 e. The molecule has 0 unspecified atom stereocenters. The molecule has 1 atom stereocenters. The van der Waals surface area contributed by atoms with Crippen molar-refractivity contribution >= 4 is 15.9 Å². The highest BCUT2D eigenvalue weighted by atomic mass is 79.9. The third-order valence-electron chi connectivity index (χ3n) is 2.47.